The van der Waals surface area contributed by atoms with Crippen molar-refractivity contribution in [3.8, 4) is 0 Å². The molecule has 2 aromatic rings. The number of hydrogen-bond donors (Lipinski definition) is 2. The van der Waals surface area contributed by atoms with E-state index in [9.17, 15) is 9.59 Å². The van der Waals surface area contributed by atoms with Crippen LogP contribution in [0.15, 0.2) is 46.9 Å². The number of carbonyl (C=O) groups is 2. The van der Waals surface area contributed by atoms with Crippen molar-refractivity contribution in [2.45, 2.75) is 6.42 Å². The molecule has 2 N–H and O–H groups in total. The van der Waals surface area contributed by atoms with E-state index in [0.717, 1.165) is 16.5 Å². The van der Waals surface area contributed by atoms with Crippen molar-refractivity contribution >= 4 is 33.4 Å². The summed E-state index contributed by atoms with van der Waals surface area (Å²) in [6, 6.07) is 12.6. The molecule has 106 valence electrons. The van der Waals surface area contributed by atoms with Crippen molar-refractivity contribution in [1.82, 2.24) is 5.32 Å². The first-order chi connectivity index (χ1) is 10.1. The van der Waals surface area contributed by atoms with Crippen LogP contribution in [-0.4, -0.2) is 18.4 Å². The van der Waals surface area contributed by atoms with Crippen molar-refractivity contribution in [2.75, 3.05) is 11.9 Å². The third-order valence-electron chi connectivity index (χ3n) is 3.38. The molecule has 0 radical (unpaired) electrons. The lowest BCUT2D eigenvalue weighted by Crippen LogP contribution is -2.31. The normalized spacial score (nSPS) is 13.3. The Hall–Kier alpha value is -2.14. The summed E-state index contributed by atoms with van der Waals surface area (Å²) in [5.41, 5.74) is 2.83. The molecule has 3 rings (SSSR count). The first-order valence-electron chi connectivity index (χ1n) is 6.61. The predicted octanol–water partition coefficient (Wildman–Crippen LogP) is 2.99. The third-order valence-corrected chi connectivity index (χ3v) is 3.87. The number of anilines is 1. The lowest BCUT2D eigenvalue weighted by molar-refractivity contribution is 0.0944. The van der Waals surface area contributed by atoms with Crippen LogP contribution in [0.25, 0.3) is 0 Å². The molecule has 0 aromatic heterocycles. The number of amides is 2. The molecular weight excluding hydrogens is 332 g/mol. The molecule has 2 aromatic carbocycles. The molecule has 0 aliphatic carbocycles. The molecule has 0 unspecified atom stereocenters. The Balaban J connectivity index is 1.84. The zero-order chi connectivity index (χ0) is 14.8. The average molecular weight is 345 g/mol. The van der Waals surface area contributed by atoms with Crippen LogP contribution in [-0.2, 0) is 6.42 Å². The number of rotatable bonds is 2. The van der Waals surface area contributed by atoms with Crippen molar-refractivity contribution < 1.29 is 9.59 Å². The van der Waals surface area contributed by atoms with E-state index in [4.69, 9.17) is 0 Å². The van der Waals surface area contributed by atoms with E-state index < -0.39 is 0 Å². The molecule has 0 saturated heterocycles. The van der Waals surface area contributed by atoms with Crippen LogP contribution in [0.5, 0.6) is 0 Å². The molecule has 1 heterocycles. The van der Waals surface area contributed by atoms with E-state index in [1.54, 1.807) is 24.3 Å². The van der Waals surface area contributed by atoms with Gasteiger partial charge in [-0.1, -0.05) is 28.1 Å². The van der Waals surface area contributed by atoms with Gasteiger partial charge in [-0.05, 0) is 42.3 Å². The number of hydrogen-bond acceptors (Lipinski definition) is 2. The minimum absolute atomic E-state index is 0.0881. The monoisotopic (exact) mass is 344 g/mol. The average Bonchev–Trinajstić information content (AvgIpc) is 2.48. The maximum absolute atomic E-state index is 12.2. The molecule has 2 amide bonds. The minimum Gasteiger partial charge on any atom is -0.352 e. The van der Waals surface area contributed by atoms with Gasteiger partial charge in [-0.3, -0.25) is 9.59 Å². The summed E-state index contributed by atoms with van der Waals surface area (Å²) < 4.78 is 0.847. The van der Waals surface area contributed by atoms with Gasteiger partial charge in [-0.25, -0.2) is 0 Å². The van der Waals surface area contributed by atoms with Gasteiger partial charge >= 0.3 is 0 Å². The van der Waals surface area contributed by atoms with Crippen LogP contribution >= 0.6 is 15.9 Å². The Morgan fingerprint density at radius 1 is 1.19 bits per heavy atom. The fraction of sp³-hybridized carbons (Fsp3) is 0.125. The van der Waals surface area contributed by atoms with Crippen molar-refractivity contribution in [3.63, 3.8) is 0 Å². The van der Waals surface area contributed by atoms with Crippen LogP contribution in [0.2, 0.25) is 0 Å². The van der Waals surface area contributed by atoms with Gasteiger partial charge in [-0.2, -0.15) is 0 Å². The zero-order valence-electron chi connectivity index (χ0n) is 11.2. The highest BCUT2D eigenvalue weighted by Gasteiger charge is 2.17. The maximum atomic E-state index is 12.2. The Kier molecular flexibility index (Phi) is 3.75. The predicted molar refractivity (Wildman–Crippen MR) is 84.6 cm³/mol. The largest absolute Gasteiger partial charge is 0.352 e. The molecule has 0 spiro atoms. The van der Waals surface area contributed by atoms with Crippen LogP contribution in [0.3, 0.4) is 0 Å². The lowest BCUT2D eigenvalue weighted by Gasteiger charge is -2.17. The van der Waals surface area contributed by atoms with Gasteiger partial charge in [0.25, 0.3) is 11.8 Å². The van der Waals surface area contributed by atoms with E-state index >= 15 is 0 Å². The van der Waals surface area contributed by atoms with E-state index in [-0.39, 0.29) is 11.8 Å². The molecule has 5 heteroatoms. The summed E-state index contributed by atoms with van der Waals surface area (Å²) >= 11 is 3.34. The number of carbonyl (C=O) groups excluding carboxylic acids is 2. The van der Waals surface area contributed by atoms with Gasteiger partial charge in [0.15, 0.2) is 0 Å². The second kappa shape index (κ2) is 5.69. The Labute approximate surface area is 130 Å². The van der Waals surface area contributed by atoms with Gasteiger partial charge in [-0.15, -0.1) is 0 Å². The summed E-state index contributed by atoms with van der Waals surface area (Å²) in [6.07, 6.45) is 0.820. The van der Waals surface area contributed by atoms with Crippen LogP contribution in [0.4, 0.5) is 5.69 Å². The second-order valence-electron chi connectivity index (χ2n) is 4.84. The number of fused-ring (bicyclic) bond motifs is 1. The second-order valence-corrected chi connectivity index (χ2v) is 5.76. The van der Waals surface area contributed by atoms with E-state index in [1.807, 2.05) is 18.2 Å². The highest BCUT2D eigenvalue weighted by molar-refractivity contribution is 9.10. The van der Waals surface area contributed by atoms with Crippen molar-refractivity contribution in [3.05, 3.63) is 63.6 Å². The van der Waals surface area contributed by atoms with Crippen molar-refractivity contribution in [2.24, 2.45) is 0 Å². The Morgan fingerprint density at radius 3 is 2.86 bits per heavy atom. The standard InChI is InChI=1S/C16H13BrN2O2/c17-12-3-1-2-11(8-12)15(20)19-13-5-4-10-6-7-18-16(21)14(10)9-13/h1-5,8-9H,6-7H2,(H,18,21)(H,19,20). The summed E-state index contributed by atoms with van der Waals surface area (Å²) in [5.74, 6) is -0.290. The summed E-state index contributed by atoms with van der Waals surface area (Å²) in [6.45, 7) is 0.662. The first-order valence-corrected chi connectivity index (χ1v) is 7.41. The van der Waals surface area contributed by atoms with Gasteiger partial charge < -0.3 is 10.6 Å². The molecule has 0 atom stereocenters. The van der Waals surface area contributed by atoms with Gasteiger partial charge in [0.1, 0.15) is 0 Å². The van der Waals surface area contributed by atoms with E-state index in [0.29, 0.717) is 23.4 Å². The lowest BCUT2D eigenvalue weighted by atomic mass is 10.00. The SMILES string of the molecule is O=C(Nc1ccc2c(c1)C(=O)NCC2)c1cccc(Br)c1. The highest BCUT2D eigenvalue weighted by Crippen LogP contribution is 2.20. The topological polar surface area (TPSA) is 58.2 Å². The number of benzene rings is 2. The number of nitrogens with one attached hydrogen (secondary N) is 2. The molecule has 1 aliphatic rings. The smallest absolute Gasteiger partial charge is 0.255 e. The summed E-state index contributed by atoms with van der Waals surface area (Å²) in [4.78, 5) is 24.0. The van der Waals surface area contributed by atoms with Crippen LogP contribution < -0.4 is 10.6 Å². The molecule has 0 bridgehead atoms. The molecule has 1 aliphatic heterocycles. The van der Waals surface area contributed by atoms with E-state index in [1.165, 1.54) is 0 Å². The molecule has 0 fully saturated rings. The van der Waals surface area contributed by atoms with Crippen LogP contribution in [0.1, 0.15) is 26.3 Å². The van der Waals surface area contributed by atoms with E-state index in [2.05, 4.69) is 26.6 Å². The van der Waals surface area contributed by atoms with Crippen molar-refractivity contribution in [1.29, 1.82) is 0 Å². The first kappa shape index (κ1) is 13.8. The summed E-state index contributed by atoms with van der Waals surface area (Å²) in [5, 5.41) is 5.62. The quantitative estimate of drug-likeness (QED) is 0.879. The third kappa shape index (κ3) is 2.97. The molecule has 4 nitrogen and oxygen atoms in total. The number of halogens is 1. The Bertz CT molecular complexity index is 728. The fourth-order valence-electron chi connectivity index (χ4n) is 2.32. The van der Waals surface area contributed by atoms with Gasteiger partial charge in [0.2, 0.25) is 0 Å². The molecule has 0 saturated carbocycles. The van der Waals surface area contributed by atoms with Gasteiger partial charge in [0, 0.05) is 27.8 Å². The fourth-order valence-corrected chi connectivity index (χ4v) is 2.72. The Morgan fingerprint density at radius 2 is 2.05 bits per heavy atom. The summed E-state index contributed by atoms with van der Waals surface area (Å²) in [7, 11) is 0. The minimum atomic E-state index is -0.201. The zero-order valence-corrected chi connectivity index (χ0v) is 12.7. The molecular formula is C16H13BrN2O2. The van der Waals surface area contributed by atoms with Crippen LogP contribution in [0, 0.1) is 0 Å². The highest BCUT2D eigenvalue weighted by atomic mass is 79.9. The maximum Gasteiger partial charge on any atom is 0.255 e. The van der Waals surface area contributed by atoms with Gasteiger partial charge in [0.05, 0.1) is 0 Å². The molecule has 21 heavy (non-hydrogen) atoms.